The number of hydrogen-bond acceptors (Lipinski definition) is 3. The summed E-state index contributed by atoms with van der Waals surface area (Å²) < 4.78 is 0. The van der Waals surface area contributed by atoms with Gasteiger partial charge in [-0.05, 0) is 17.7 Å². The van der Waals surface area contributed by atoms with Crippen LogP contribution >= 0.6 is 11.6 Å². The second-order valence-corrected chi connectivity index (χ2v) is 3.68. The predicted octanol–water partition coefficient (Wildman–Crippen LogP) is 1.18. The van der Waals surface area contributed by atoms with Crippen molar-refractivity contribution in [3.05, 3.63) is 34.9 Å². The Labute approximate surface area is 92.3 Å². The highest BCUT2D eigenvalue weighted by atomic mass is 35.5. The standard InChI is InChI=1S/C10H12ClNO3/c11-7-3-1-6(2-4-7)9(13)5-8(12)10(14)15/h1-4,8-9,13H,5,12H2,(H,14,15)/t8-,9-/m0/s1. The van der Waals surface area contributed by atoms with Crippen LogP contribution < -0.4 is 5.73 Å². The van der Waals surface area contributed by atoms with Gasteiger partial charge in [-0.15, -0.1) is 0 Å². The van der Waals surface area contributed by atoms with E-state index in [1.165, 1.54) is 0 Å². The van der Waals surface area contributed by atoms with Gasteiger partial charge >= 0.3 is 5.97 Å². The molecular formula is C10H12ClNO3. The molecule has 1 aromatic rings. The van der Waals surface area contributed by atoms with Gasteiger partial charge in [0.1, 0.15) is 6.04 Å². The minimum Gasteiger partial charge on any atom is -0.480 e. The molecule has 0 heterocycles. The summed E-state index contributed by atoms with van der Waals surface area (Å²) in [7, 11) is 0. The van der Waals surface area contributed by atoms with E-state index >= 15 is 0 Å². The van der Waals surface area contributed by atoms with Crippen LogP contribution in [0.4, 0.5) is 0 Å². The van der Waals surface area contributed by atoms with Gasteiger partial charge in [0.05, 0.1) is 6.10 Å². The molecule has 4 nitrogen and oxygen atoms in total. The maximum atomic E-state index is 10.5. The summed E-state index contributed by atoms with van der Waals surface area (Å²) in [5.41, 5.74) is 5.91. The third-order valence-electron chi connectivity index (χ3n) is 2.05. The van der Waals surface area contributed by atoms with Crippen molar-refractivity contribution in [3.8, 4) is 0 Å². The Morgan fingerprint density at radius 3 is 2.40 bits per heavy atom. The van der Waals surface area contributed by atoms with E-state index in [2.05, 4.69) is 0 Å². The minimum atomic E-state index is -1.12. The Morgan fingerprint density at radius 1 is 1.40 bits per heavy atom. The van der Waals surface area contributed by atoms with Crippen molar-refractivity contribution in [2.75, 3.05) is 0 Å². The molecule has 82 valence electrons. The van der Waals surface area contributed by atoms with E-state index in [0.29, 0.717) is 10.6 Å². The summed E-state index contributed by atoms with van der Waals surface area (Å²) in [6.45, 7) is 0. The SMILES string of the molecule is N[C@@H](C[C@H](O)c1ccc(Cl)cc1)C(=O)O. The third kappa shape index (κ3) is 3.51. The van der Waals surface area contributed by atoms with Gasteiger partial charge in [-0.1, -0.05) is 23.7 Å². The number of carbonyl (C=O) groups is 1. The maximum absolute atomic E-state index is 10.5. The fourth-order valence-electron chi connectivity index (χ4n) is 1.16. The van der Waals surface area contributed by atoms with E-state index < -0.39 is 18.1 Å². The Morgan fingerprint density at radius 2 is 1.93 bits per heavy atom. The smallest absolute Gasteiger partial charge is 0.320 e. The van der Waals surface area contributed by atoms with Crippen molar-refractivity contribution >= 4 is 17.6 Å². The van der Waals surface area contributed by atoms with Gasteiger partial charge in [-0.2, -0.15) is 0 Å². The van der Waals surface area contributed by atoms with Gasteiger partial charge in [-0.3, -0.25) is 4.79 Å². The number of rotatable bonds is 4. The summed E-state index contributed by atoms with van der Waals surface area (Å²) in [6, 6.07) is 5.48. The molecule has 5 heteroatoms. The van der Waals surface area contributed by atoms with Crippen LogP contribution in [0.1, 0.15) is 18.1 Å². The number of aliphatic hydroxyl groups excluding tert-OH is 1. The first kappa shape index (κ1) is 12.0. The number of halogens is 1. The molecule has 0 unspecified atom stereocenters. The monoisotopic (exact) mass is 229 g/mol. The third-order valence-corrected chi connectivity index (χ3v) is 2.30. The minimum absolute atomic E-state index is 0.0169. The van der Waals surface area contributed by atoms with Crippen molar-refractivity contribution in [2.45, 2.75) is 18.6 Å². The van der Waals surface area contributed by atoms with Gasteiger partial charge in [0.2, 0.25) is 0 Å². The van der Waals surface area contributed by atoms with Gasteiger partial charge in [0.25, 0.3) is 0 Å². The second kappa shape index (κ2) is 5.11. The number of carboxylic acid groups (broad SMARTS) is 1. The number of carboxylic acids is 1. The van der Waals surface area contributed by atoms with E-state index in [1.807, 2.05) is 0 Å². The molecule has 2 atom stereocenters. The van der Waals surface area contributed by atoms with E-state index in [0.717, 1.165) is 0 Å². The number of nitrogens with two attached hydrogens (primary N) is 1. The molecule has 0 bridgehead atoms. The van der Waals surface area contributed by atoms with Crippen LogP contribution in [0.2, 0.25) is 5.02 Å². The largest absolute Gasteiger partial charge is 0.480 e. The lowest BCUT2D eigenvalue weighted by molar-refractivity contribution is -0.139. The summed E-state index contributed by atoms with van der Waals surface area (Å²) in [5, 5.41) is 18.8. The van der Waals surface area contributed by atoms with Crippen molar-refractivity contribution in [2.24, 2.45) is 5.73 Å². The van der Waals surface area contributed by atoms with E-state index in [-0.39, 0.29) is 6.42 Å². The van der Waals surface area contributed by atoms with Crippen LogP contribution in [-0.2, 0) is 4.79 Å². The number of benzene rings is 1. The highest BCUT2D eigenvalue weighted by Gasteiger charge is 2.17. The average molecular weight is 230 g/mol. The predicted molar refractivity (Wildman–Crippen MR) is 56.6 cm³/mol. The Kier molecular flexibility index (Phi) is 4.08. The van der Waals surface area contributed by atoms with E-state index in [4.69, 9.17) is 22.4 Å². The molecule has 1 aromatic carbocycles. The first-order chi connectivity index (χ1) is 7.00. The molecule has 0 spiro atoms. The van der Waals surface area contributed by atoms with Crippen molar-refractivity contribution in [1.29, 1.82) is 0 Å². The highest BCUT2D eigenvalue weighted by molar-refractivity contribution is 6.30. The fraction of sp³-hybridized carbons (Fsp3) is 0.300. The molecule has 0 aliphatic heterocycles. The molecular weight excluding hydrogens is 218 g/mol. The molecule has 0 aliphatic rings. The quantitative estimate of drug-likeness (QED) is 0.724. The lowest BCUT2D eigenvalue weighted by atomic mass is 10.0. The Balaban J connectivity index is 2.64. The molecule has 15 heavy (non-hydrogen) atoms. The molecule has 0 aromatic heterocycles. The summed E-state index contributed by atoms with van der Waals surface area (Å²) in [4.78, 5) is 10.5. The molecule has 4 N–H and O–H groups in total. The molecule has 0 saturated carbocycles. The lowest BCUT2D eigenvalue weighted by Gasteiger charge is -2.13. The van der Waals surface area contributed by atoms with Crippen molar-refractivity contribution in [1.82, 2.24) is 0 Å². The summed E-state index contributed by atoms with van der Waals surface area (Å²) >= 11 is 5.67. The van der Waals surface area contributed by atoms with E-state index in [1.54, 1.807) is 24.3 Å². The molecule has 0 amide bonds. The normalized spacial score (nSPS) is 14.6. The van der Waals surface area contributed by atoms with Crippen molar-refractivity contribution in [3.63, 3.8) is 0 Å². The van der Waals surface area contributed by atoms with Crippen LogP contribution in [0.5, 0.6) is 0 Å². The molecule has 1 rings (SSSR count). The second-order valence-electron chi connectivity index (χ2n) is 3.25. The molecule has 0 radical (unpaired) electrons. The van der Waals surface area contributed by atoms with Crippen molar-refractivity contribution < 1.29 is 15.0 Å². The molecule has 0 fully saturated rings. The van der Waals surface area contributed by atoms with Crippen LogP contribution in [-0.4, -0.2) is 22.2 Å². The van der Waals surface area contributed by atoms with Gasteiger partial charge < -0.3 is 15.9 Å². The fourth-order valence-corrected chi connectivity index (χ4v) is 1.29. The summed E-state index contributed by atoms with van der Waals surface area (Å²) in [5.74, 6) is -1.12. The summed E-state index contributed by atoms with van der Waals surface area (Å²) in [6.07, 6.45) is -0.898. The zero-order valence-electron chi connectivity index (χ0n) is 7.93. The molecule has 0 aliphatic carbocycles. The van der Waals surface area contributed by atoms with Gasteiger partial charge in [0, 0.05) is 11.4 Å². The topological polar surface area (TPSA) is 83.5 Å². The Hall–Kier alpha value is -1.10. The van der Waals surface area contributed by atoms with Gasteiger partial charge in [-0.25, -0.2) is 0 Å². The van der Waals surface area contributed by atoms with Crippen LogP contribution in [0, 0.1) is 0 Å². The lowest BCUT2D eigenvalue weighted by Crippen LogP contribution is -2.31. The molecule has 0 saturated heterocycles. The van der Waals surface area contributed by atoms with Crippen LogP contribution in [0.3, 0.4) is 0 Å². The zero-order valence-corrected chi connectivity index (χ0v) is 8.69. The zero-order chi connectivity index (χ0) is 11.4. The maximum Gasteiger partial charge on any atom is 0.320 e. The number of hydrogen-bond donors (Lipinski definition) is 3. The van der Waals surface area contributed by atoms with Gasteiger partial charge in [0.15, 0.2) is 0 Å². The number of aliphatic hydroxyl groups is 1. The average Bonchev–Trinajstić information content (AvgIpc) is 2.18. The van der Waals surface area contributed by atoms with Crippen LogP contribution in [0.15, 0.2) is 24.3 Å². The Bertz CT molecular complexity index is 339. The first-order valence-corrected chi connectivity index (χ1v) is 4.80. The highest BCUT2D eigenvalue weighted by Crippen LogP contribution is 2.19. The first-order valence-electron chi connectivity index (χ1n) is 4.42. The number of aliphatic carboxylic acids is 1. The van der Waals surface area contributed by atoms with E-state index in [9.17, 15) is 9.90 Å². The van der Waals surface area contributed by atoms with Crippen LogP contribution in [0.25, 0.3) is 0 Å².